The van der Waals surface area contributed by atoms with E-state index in [2.05, 4.69) is 35.7 Å². The molecule has 4 aliphatic rings. The summed E-state index contributed by atoms with van der Waals surface area (Å²) in [6.07, 6.45) is 3.52. The molecule has 15 nitrogen and oxygen atoms in total. The third-order valence-corrected chi connectivity index (χ3v) is 12.2. The van der Waals surface area contributed by atoms with Crippen molar-refractivity contribution in [1.29, 1.82) is 0 Å². The molecule has 296 valence electrons. The number of piperidine rings is 2. The predicted octanol–water partition coefficient (Wildman–Crippen LogP) is 4.78. The summed E-state index contributed by atoms with van der Waals surface area (Å²) in [6.45, 7) is 8.82. The molecule has 1 unspecified atom stereocenters. The van der Waals surface area contributed by atoms with Crippen molar-refractivity contribution in [2.24, 2.45) is 5.92 Å². The zero-order chi connectivity index (χ0) is 40.0. The first kappa shape index (κ1) is 38.4. The van der Waals surface area contributed by atoms with Crippen LogP contribution in [0.5, 0.6) is 0 Å². The predicted molar refractivity (Wildman–Crippen MR) is 213 cm³/mol. The number of amides is 5. The van der Waals surface area contributed by atoms with Gasteiger partial charge in [0.15, 0.2) is 5.13 Å². The highest BCUT2D eigenvalue weighted by Gasteiger charge is 2.45. The lowest BCUT2D eigenvalue weighted by atomic mass is 9.96. The van der Waals surface area contributed by atoms with Crippen LogP contribution in [-0.2, 0) is 9.59 Å². The summed E-state index contributed by atoms with van der Waals surface area (Å²) in [6, 6.07) is 8.75. The lowest BCUT2D eigenvalue weighted by molar-refractivity contribution is -0.136. The fourth-order valence-corrected chi connectivity index (χ4v) is 8.88. The van der Waals surface area contributed by atoms with Crippen LogP contribution >= 0.6 is 22.9 Å². The molecule has 1 atom stereocenters. The second-order valence-electron chi connectivity index (χ2n) is 14.7. The summed E-state index contributed by atoms with van der Waals surface area (Å²) in [5, 5.41) is 9.28. The zero-order valence-electron chi connectivity index (χ0n) is 31.3. The van der Waals surface area contributed by atoms with Gasteiger partial charge in [0.25, 0.3) is 17.7 Å². The molecule has 57 heavy (non-hydrogen) atoms. The van der Waals surface area contributed by atoms with Gasteiger partial charge in [-0.15, -0.1) is 0 Å². The highest BCUT2D eigenvalue weighted by molar-refractivity contribution is 7.17. The molecule has 6 heterocycles. The Morgan fingerprint density at radius 2 is 1.68 bits per heavy atom. The second-order valence-corrected chi connectivity index (χ2v) is 16.2. The number of fused-ring (bicyclic) bond motifs is 1. The lowest BCUT2D eigenvalue weighted by Crippen LogP contribution is -2.54. The van der Waals surface area contributed by atoms with E-state index in [4.69, 9.17) is 16.6 Å². The first-order chi connectivity index (χ1) is 27.4. The third-order valence-electron chi connectivity index (χ3n) is 10.9. The first-order valence-corrected chi connectivity index (χ1v) is 20.0. The van der Waals surface area contributed by atoms with Gasteiger partial charge >= 0.3 is 0 Å². The molecule has 8 rings (SSSR count). The zero-order valence-corrected chi connectivity index (χ0v) is 32.9. The normalized spacial score (nSPS) is 19.2. The van der Waals surface area contributed by atoms with E-state index in [0.29, 0.717) is 64.5 Å². The van der Waals surface area contributed by atoms with Crippen LogP contribution in [0.15, 0.2) is 42.6 Å². The van der Waals surface area contributed by atoms with Crippen molar-refractivity contribution in [3.63, 3.8) is 0 Å². The number of rotatable bonds is 9. The van der Waals surface area contributed by atoms with E-state index in [9.17, 15) is 24.0 Å². The molecule has 0 saturated carbocycles. The van der Waals surface area contributed by atoms with Gasteiger partial charge in [-0.2, -0.15) is 0 Å². The number of para-hydroxylation sites is 1. The van der Waals surface area contributed by atoms with Gasteiger partial charge < -0.3 is 20.4 Å². The number of benzene rings is 2. The van der Waals surface area contributed by atoms with Crippen LogP contribution in [0.25, 0.3) is 0 Å². The first-order valence-electron chi connectivity index (χ1n) is 18.8. The molecule has 5 amide bonds. The van der Waals surface area contributed by atoms with Gasteiger partial charge in [0, 0.05) is 58.3 Å². The van der Waals surface area contributed by atoms with Gasteiger partial charge in [0.1, 0.15) is 34.2 Å². The van der Waals surface area contributed by atoms with Crippen molar-refractivity contribution in [2.45, 2.75) is 45.6 Å². The number of piperazine rings is 1. The Hall–Kier alpha value is -5.52. The van der Waals surface area contributed by atoms with Crippen molar-refractivity contribution < 1.29 is 28.4 Å². The number of thiazole rings is 1. The number of hydrogen-bond donors (Lipinski definition) is 3. The Kier molecular flexibility index (Phi) is 10.6. The highest BCUT2D eigenvalue weighted by Crippen LogP contribution is 2.34. The van der Waals surface area contributed by atoms with Crippen LogP contribution in [0.2, 0.25) is 5.02 Å². The minimum Gasteiger partial charge on any atom is -0.367 e. The van der Waals surface area contributed by atoms with Crippen molar-refractivity contribution in [1.82, 2.24) is 30.1 Å². The average molecular weight is 815 g/mol. The van der Waals surface area contributed by atoms with E-state index in [1.54, 1.807) is 6.07 Å². The van der Waals surface area contributed by atoms with Gasteiger partial charge in [0.05, 0.1) is 33.7 Å². The summed E-state index contributed by atoms with van der Waals surface area (Å²) in [7, 11) is 0. The third kappa shape index (κ3) is 7.91. The van der Waals surface area contributed by atoms with E-state index in [-0.39, 0.29) is 35.6 Å². The Morgan fingerprint density at radius 3 is 2.40 bits per heavy atom. The number of nitrogens with zero attached hydrogens (tertiary/aromatic N) is 7. The summed E-state index contributed by atoms with van der Waals surface area (Å²) in [4.78, 5) is 84.9. The quantitative estimate of drug-likeness (QED) is 0.198. The van der Waals surface area contributed by atoms with E-state index < -0.39 is 35.5 Å². The highest BCUT2D eigenvalue weighted by atomic mass is 35.5. The number of halogens is 2. The molecule has 0 bridgehead atoms. The van der Waals surface area contributed by atoms with Crippen molar-refractivity contribution in [3.05, 3.63) is 80.8 Å². The second kappa shape index (κ2) is 15.8. The van der Waals surface area contributed by atoms with Crippen LogP contribution in [-0.4, -0.2) is 106 Å². The van der Waals surface area contributed by atoms with Gasteiger partial charge in [-0.3, -0.25) is 39.1 Å². The Bertz CT molecular complexity index is 2270. The smallest absolute Gasteiger partial charge is 0.267 e. The van der Waals surface area contributed by atoms with Crippen molar-refractivity contribution in [3.8, 4) is 0 Å². The number of imide groups is 2. The van der Waals surface area contributed by atoms with E-state index in [1.165, 1.54) is 23.6 Å². The SMILES string of the molecule is Cc1nc(Nc2ncc(C(=O)Nc3c(C)cccc3Cl)s2)cc(N2CCC(CN3CCN(c4cc5c(cc4F)C(=O)N(C4CCC(=O)NC4=O)C5=O)CC3)CC2)n1. The van der Waals surface area contributed by atoms with Crippen LogP contribution < -0.4 is 25.8 Å². The lowest BCUT2D eigenvalue weighted by Gasteiger charge is -2.40. The molecule has 4 aromatic rings. The van der Waals surface area contributed by atoms with Crippen LogP contribution in [0.1, 0.15) is 67.5 Å². The molecule has 4 aliphatic heterocycles. The molecule has 0 radical (unpaired) electrons. The van der Waals surface area contributed by atoms with Gasteiger partial charge in [0.2, 0.25) is 11.8 Å². The molecule has 0 spiro atoms. The number of carbonyl (C=O) groups excluding carboxylic acids is 5. The van der Waals surface area contributed by atoms with E-state index >= 15 is 4.39 Å². The molecule has 0 aliphatic carbocycles. The minimum atomic E-state index is -1.10. The number of carbonyl (C=O) groups is 5. The summed E-state index contributed by atoms with van der Waals surface area (Å²) >= 11 is 7.51. The molecule has 3 saturated heterocycles. The molecule has 3 N–H and O–H groups in total. The summed E-state index contributed by atoms with van der Waals surface area (Å²) in [5.74, 6) is -0.939. The van der Waals surface area contributed by atoms with Crippen molar-refractivity contribution >= 4 is 80.6 Å². The van der Waals surface area contributed by atoms with Crippen molar-refractivity contribution in [2.75, 3.05) is 66.2 Å². The number of aryl methyl sites for hydroxylation is 2. The topological polar surface area (TPSA) is 173 Å². The maximum atomic E-state index is 15.5. The fraction of sp³-hybridized carbons (Fsp3) is 0.385. The molecule has 2 aromatic carbocycles. The number of anilines is 5. The maximum absolute atomic E-state index is 15.5. The number of nitrogens with one attached hydrogen (secondary N) is 3. The van der Waals surface area contributed by atoms with Crippen LogP contribution in [0.4, 0.5) is 32.5 Å². The van der Waals surface area contributed by atoms with Gasteiger partial charge in [-0.1, -0.05) is 35.1 Å². The largest absolute Gasteiger partial charge is 0.367 e. The van der Waals surface area contributed by atoms with Crippen LogP contribution in [0.3, 0.4) is 0 Å². The number of hydrogen-bond acceptors (Lipinski definition) is 13. The average Bonchev–Trinajstić information content (AvgIpc) is 3.74. The maximum Gasteiger partial charge on any atom is 0.267 e. The Morgan fingerprint density at radius 1 is 0.947 bits per heavy atom. The summed E-state index contributed by atoms with van der Waals surface area (Å²) < 4.78 is 15.5. The van der Waals surface area contributed by atoms with E-state index in [1.807, 2.05) is 36.9 Å². The Balaban J connectivity index is 0.828. The van der Waals surface area contributed by atoms with Gasteiger partial charge in [-0.05, 0) is 62.8 Å². The number of aromatic nitrogens is 3. The van der Waals surface area contributed by atoms with E-state index in [0.717, 1.165) is 54.8 Å². The standard InChI is InChI=1S/C39H40ClFN10O5S/c1-21-4-3-5-26(40)34(21)47-36(54)30-19-42-39(57-30)45-31-18-32(44-22(2)43-31)50-10-8-23(9-11-50)20-48-12-14-49(15-13-48)29-17-25-24(16-27(29)41)37(55)51(38(25)56)28-6-7-33(52)46-35(28)53/h3-5,16-19,23,28H,6-15,20H2,1-2H3,(H,47,54)(H,46,52,53)(H,42,43,44,45). The minimum absolute atomic E-state index is 0.0138. The molecular weight excluding hydrogens is 775 g/mol. The molecule has 18 heteroatoms. The Labute approximate surface area is 336 Å². The summed E-state index contributed by atoms with van der Waals surface area (Å²) in [5.41, 5.74) is 1.69. The van der Waals surface area contributed by atoms with Crippen LogP contribution in [0, 0.1) is 25.6 Å². The molecule has 2 aromatic heterocycles. The molecular formula is C39H40ClFN10O5S. The molecule has 3 fully saturated rings. The monoisotopic (exact) mass is 814 g/mol. The van der Waals surface area contributed by atoms with Gasteiger partial charge in [-0.25, -0.2) is 19.3 Å². The fourth-order valence-electron chi connectivity index (χ4n) is 7.89.